The van der Waals surface area contributed by atoms with Crippen LogP contribution in [0.25, 0.3) is 5.70 Å². The van der Waals surface area contributed by atoms with Gasteiger partial charge in [0.05, 0.1) is 12.3 Å². The maximum atomic E-state index is 10.7. The van der Waals surface area contributed by atoms with E-state index in [0.29, 0.717) is 28.1 Å². The van der Waals surface area contributed by atoms with Crippen LogP contribution in [0.1, 0.15) is 22.9 Å². The van der Waals surface area contributed by atoms with E-state index < -0.39 is 6.10 Å². The van der Waals surface area contributed by atoms with E-state index in [1.807, 2.05) is 59.3 Å². The molecule has 30 heavy (non-hydrogen) atoms. The number of fused-ring (bicyclic) bond motifs is 3. The fourth-order valence-corrected chi connectivity index (χ4v) is 4.62. The molecule has 2 aliphatic heterocycles. The Balaban J connectivity index is 1.71. The second-order valence-corrected chi connectivity index (χ2v) is 8.22. The lowest BCUT2D eigenvalue weighted by molar-refractivity contribution is 0.169. The molecule has 0 radical (unpaired) electrons. The van der Waals surface area contributed by atoms with Crippen LogP contribution in [0.2, 0.25) is 10.0 Å². The third kappa shape index (κ3) is 3.17. The fraction of sp³-hybridized carbons (Fsp3) is 0.182. The second kappa shape index (κ2) is 7.47. The summed E-state index contributed by atoms with van der Waals surface area (Å²) in [6, 6.07) is 15.2. The van der Waals surface area contributed by atoms with Crippen LogP contribution in [0.4, 0.5) is 0 Å². The minimum absolute atomic E-state index is 0.159. The molecular formula is C22H18Cl2N4O2. The van der Waals surface area contributed by atoms with Crippen molar-refractivity contribution < 1.29 is 10.2 Å². The van der Waals surface area contributed by atoms with E-state index in [2.05, 4.69) is 10.1 Å². The number of hydrazone groups is 1. The van der Waals surface area contributed by atoms with Gasteiger partial charge in [-0.25, -0.2) is 4.98 Å². The Bertz CT molecular complexity index is 1130. The Morgan fingerprint density at radius 2 is 1.70 bits per heavy atom. The number of hydrogen-bond acceptors (Lipinski definition) is 5. The van der Waals surface area contributed by atoms with Gasteiger partial charge in [-0.3, -0.25) is 5.01 Å². The van der Waals surface area contributed by atoms with Gasteiger partial charge in [0.25, 0.3) is 0 Å². The minimum Gasteiger partial charge on any atom is -0.507 e. The maximum absolute atomic E-state index is 10.7. The van der Waals surface area contributed by atoms with Gasteiger partial charge in [0, 0.05) is 34.9 Å². The zero-order chi connectivity index (χ0) is 20.8. The SMILES string of the molecule is OC1=C2c3nccn3C[C@@H](C(c3cccc(Cl)c3)c3cccc(Cl)c3)N2N=CC1O. The van der Waals surface area contributed by atoms with Crippen LogP contribution in [0.3, 0.4) is 0 Å². The van der Waals surface area contributed by atoms with Gasteiger partial charge in [-0.15, -0.1) is 0 Å². The third-order valence-corrected chi connectivity index (χ3v) is 5.98. The molecule has 0 saturated heterocycles. The molecule has 2 aromatic carbocycles. The standard InChI is InChI=1S/C22H18Cl2N4O2/c23-15-5-1-3-13(9-15)19(14-4-2-6-16(24)10-14)17-12-27-8-7-25-22(27)20-21(30)18(29)11-26-28(17)20/h1-11,17-19,29-30H,12H2/t17-,18?/m0/s1. The largest absolute Gasteiger partial charge is 0.507 e. The normalized spacial score (nSPS) is 20.5. The molecule has 6 nitrogen and oxygen atoms in total. The van der Waals surface area contributed by atoms with Crippen LogP contribution >= 0.6 is 23.2 Å². The summed E-state index contributed by atoms with van der Waals surface area (Å²) in [6.45, 7) is 0.573. The van der Waals surface area contributed by atoms with Crippen LogP contribution in [0.15, 0.2) is 71.8 Å². The van der Waals surface area contributed by atoms with Crippen LogP contribution in [-0.2, 0) is 6.54 Å². The Morgan fingerprint density at radius 1 is 1.03 bits per heavy atom. The van der Waals surface area contributed by atoms with Crippen molar-refractivity contribution in [3.05, 3.63) is 93.7 Å². The van der Waals surface area contributed by atoms with E-state index in [4.69, 9.17) is 23.2 Å². The summed E-state index contributed by atoms with van der Waals surface area (Å²) in [5.41, 5.74) is 2.40. The molecule has 152 valence electrons. The molecule has 2 aliphatic rings. The van der Waals surface area contributed by atoms with E-state index in [1.165, 1.54) is 6.21 Å². The summed E-state index contributed by atoms with van der Waals surface area (Å²) in [5.74, 6) is 0.238. The summed E-state index contributed by atoms with van der Waals surface area (Å²) in [7, 11) is 0. The van der Waals surface area contributed by atoms with Crippen LogP contribution < -0.4 is 0 Å². The summed E-state index contributed by atoms with van der Waals surface area (Å²) < 4.78 is 1.96. The molecule has 0 amide bonds. The van der Waals surface area contributed by atoms with Crippen molar-refractivity contribution in [1.82, 2.24) is 14.6 Å². The first-order chi connectivity index (χ1) is 14.5. The molecule has 3 aromatic rings. The summed E-state index contributed by atoms with van der Waals surface area (Å²) in [4.78, 5) is 4.37. The van der Waals surface area contributed by atoms with Crippen LogP contribution in [0.5, 0.6) is 0 Å². The Hall–Kier alpha value is -2.80. The number of imidazole rings is 1. The predicted octanol–water partition coefficient (Wildman–Crippen LogP) is 4.29. The highest BCUT2D eigenvalue weighted by atomic mass is 35.5. The lowest BCUT2D eigenvalue weighted by Crippen LogP contribution is -2.46. The molecule has 0 aliphatic carbocycles. The van der Waals surface area contributed by atoms with Crippen molar-refractivity contribution >= 4 is 35.1 Å². The highest BCUT2D eigenvalue weighted by Gasteiger charge is 2.41. The number of aliphatic hydroxyl groups excluding tert-OH is 2. The number of hydrogen-bond donors (Lipinski definition) is 2. The molecule has 8 heteroatoms. The minimum atomic E-state index is -1.17. The fourth-order valence-electron chi connectivity index (χ4n) is 4.23. The van der Waals surface area contributed by atoms with Gasteiger partial charge in [-0.05, 0) is 35.4 Å². The summed E-state index contributed by atoms with van der Waals surface area (Å²) >= 11 is 12.6. The molecule has 3 heterocycles. The van der Waals surface area contributed by atoms with Gasteiger partial charge in [-0.1, -0.05) is 47.5 Å². The number of aromatic nitrogens is 2. The molecule has 0 fully saturated rings. The van der Waals surface area contributed by atoms with Gasteiger partial charge in [0.2, 0.25) is 0 Å². The number of benzene rings is 2. The number of nitrogens with zero attached hydrogens (tertiary/aromatic N) is 4. The first-order valence-electron chi connectivity index (χ1n) is 9.50. The molecular weight excluding hydrogens is 423 g/mol. The molecule has 0 bridgehead atoms. The Kier molecular flexibility index (Phi) is 4.77. The molecule has 0 saturated carbocycles. The van der Waals surface area contributed by atoms with Crippen molar-refractivity contribution in [2.45, 2.75) is 24.6 Å². The van der Waals surface area contributed by atoms with Crippen LogP contribution in [-0.4, -0.2) is 43.1 Å². The van der Waals surface area contributed by atoms with Gasteiger partial charge in [0.1, 0.15) is 11.8 Å². The van der Waals surface area contributed by atoms with Crippen molar-refractivity contribution in [2.75, 3.05) is 0 Å². The molecule has 1 aromatic heterocycles. The maximum Gasteiger partial charge on any atom is 0.161 e. The Morgan fingerprint density at radius 3 is 2.33 bits per heavy atom. The lowest BCUT2D eigenvalue weighted by Gasteiger charge is -2.42. The first kappa shape index (κ1) is 19.2. The van der Waals surface area contributed by atoms with Crippen molar-refractivity contribution in [2.24, 2.45) is 5.10 Å². The number of halogens is 2. The molecule has 2 atom stereocenters. The molecule has 0 spiro atoms. The van der Waals surface area contributed by atoms with E-state index in [0.717, 1.165) is 11.1 Å². The average Bonchev–Trinajstić information content (AvgIpc) is 3.19. The van der Waals surface area contributed by atoms with Crippen molar-refractivity contribution in [1.29, 1.82) is 0 Å². The zero-order valence-corrected chi connectivity index (χ0v) is 17.2. The quantitative estimate of drug-likeness (QED) is 0.636. The number of aliphatic hydroxyl groups is 2. The molecule has 5 rings (SSSR count). The first-order valence-corrected chi connectivity index (χ1v) is 10.3. The summed E-state index contributed by atoms with van der Waals surface area (Å²) in [5, 5.41) is 28.3. The monoisotopic (exact) mass is 440 g/mol. The highest BCUT2D eigenvalue weighted by molar-refractivity contribution is 6.31. The van der Waals surface area contributed by atoms with E-state index in [9.17, 15) is 10.2 Å². The third-order valence-electron chi connectivity index (χ3n) is 5.51. The predicted molar refractivity (Wildman–Crippen MR) is 117 cm³/mol. The van der Waals surface area contributed by atoms with Gasteiger partial charge >= 0.3 is 0 Å². The van der Waals surface area contributed by atoms with Gasteiger partial charge < -0.3 is 14.8 Å². The van der Waals surface area contributed by atoms with Crippen molar-refractivity contribution in [3.8, 4) is 0 Å². The molecule has 2 N–H and O–H groups in total. The highest BCUT2D eigenvalue weighted by Crippen LogP contribution is 2.41. The summed E-state index contributed by atoms with van der Waals surface area (Å²) in [6.07, 6.45) is 3.69. The second-order valence-electron chi connectivity index (χ2n) is 7.35. The Labute approximate surface area is 183 Å². The topological polar surface area (TPSA) is 73.9 Å². The van der Waals surface area contributed by atoms with E-state index in [1.54, 1.807) is 11.2 Å². The smallest absolute Gasteiger partial charge is 0.161 e. The van der Waals surface area contributed by atoms with Crippen LogP contribution in [0, 0.1) is 0 Å². The average molecular weight is 441 g/mol. The zero-order valence-electron chi connectivity index (χ0n) is 15.7. The number of rotatable bonds is 3. The van der Waals surface area contributed by atoms with Gasteiger partial charge in [0.15, 0.2) is 11.6 Å². The lowest BCUT2D eigenvalue weighted by atomic mass is 9.83. The van der Waals surface area contributed by atoms with Crippen molar-refractivity contribution in [3.63, 3.8) is 0 Å². The van der Waals surface area contributed by atoms with E-state index in [-0.39, 0.29) is 17.7 Å². The molecule has 1 unspecified atom stereocenters. The van der Waals surface area contributed by atoms with E-state index >= 15 is 0 Å². The van der Waals surface area contributed by atoms with Gasteiger partial charge in [-0.2, -0.15) is 5.10 Å².